The number of furan rings is 1. The molecule has 7 nitrogen and oxygen atoms in total. The maximum Gasteiger partial charge on any atom is 0.253 e. The Morgan fingerprint density at radius 1 is 1.12 bits per heavy atom. The highest BCUT2D eigenvalue weighted by Crippen LogP contribution is 2.14. The summed E-state index contributed by atoms with van der Waals surface area (Å²) in [5, 5.41) is 6.59. The molecule has 32 heavy (non-hydrogen) atoms. The molecule has 176 valence electrons. The fourth-order valence-corrected chi connectivity index (χ4v) is 3.49. The van der Waals surface area contributed by atoms with E-state index < -0.39 is 0 Å². The molecule has 0 radical (unpaired) electrons. The molecule has 1 fully saturated rings. The predicted octanol–water partition coefficient (Wildman–Crippen LogP) is 4.19. The molecular formula is C24H35IN4O3. The zero-order chi connectivity index (χ0) is 21.7. The molecule has 1 amide bonds. The molecule has 2 aromatic rings. The van der Waals surface area contributed by atoms with E-state index in [2.05, 4.69) is 15.6 Å². The first-order valence-corrected chi connectivity index (χ1v) is 11.3. The SMILES string of the molecule is CCNC(=NCc1ccc(C(=O)N2CCCCC2)cc1)NCCCOCc1ccco1.I. The van der Waals surface area contributed by atoms with Crippen LogP contribution in [0.1, 0.15) is 54.3 Å². The van der Waals surface area contributed by atoms with Crippen molar-refractivity contribution in [3.8, 4) is 0 Å². The molecule has 0 unspecified atom stereocenters. The second kappa shape index (κ2) is 14.9. The number of hydrogen-bond donors (Lipinski definition) is 2. The van der Waals surface area contributed by atoms with Crippen molar-refractivity contribution in [1.82, 2.24) is 15.5 Å². The largest absolute Gasteiger partial charge is 0.467 e. The highest BCUT2D eigenvalue weighted by atomic mass is 127. The smallest absolute Gasteiger partial charge is 0.253 e. The van der Waals surface area contributed by atoms with E-state index in [-0.39, 0.29) is 29.9 Å². The third-order valence-corrected chi connectivity index (χ3v) is 5.19. The van der Waals surface area contributed by atoms with E-state index in [0.717, 1.165) is 68.3 Å². The van der Waals surface area contributed by atoms with Crippen molar-refractivity contribution in [3.63, 3.8) is 0 Å². The number of benzene rings is 1. The number of ether oxygens (including phenoxy) is 1. The number of likely N-dealkylation sites (tertiary alicyclic amines) is 1. The van der Waals surface area contributed by atoms with Gasteiger partial charge in [0.2, 0.25) is 0 Å². The fourth-order valence-electron chi connectivity index (χ4n) is 3.49. The molecule has 1 aliphatic rings. The molecule has 0 aliphatic carbocycles. The number of aliphatic imine (C=N–C) groups is 1. The number of carbonyl (C=O) groups excluding carboxylic acids is 1. The zero-order valence-corrected chi connectivity index (χ0v) is 21.2. The molecule has 2 heterocycles. The predicted molar refractivity (Wildman–Crippen MR) is 137 cm³/mol. The van der Waals surface area contributed by atoms with Gasteiger partial charge in [0.1, 0.15) is 12.4 Å². The van der Waals surface area contributed by atoms with Crippen molar-refractivity contribution < 1.29 is 13.9 Å². The van der Waals surface area contributed by atoms with E-state index in [0.29, 0.717) is 19.8 Å². The third kappa shape index (κ3) is 8.82. The topological polar surface area (TPSA) is 79.1 Å². The number of guanidine groups is 1. The average Bonchev–Trinajstić information content (AvgIpc) is 3.33. The Balaban J connectivity index is 0.00000363. The molecule has 0 bridgehead atoms. The number of nitrogens with one attached hydrogen (secondary N) is 2. The number of piperidine rings is 1. The number of nitrogens with zero attached hydrogens (tertiary/aromatic N) is 2. The zero-order valence-electron chi connectivity index (χ0n) is 18.8. The second-order valence-electron chi connectivity index (χ2n) is 7.66. The Bertz CT molecular complexity index is 803. The molecule has 0 atom stereocenters. The third-order valence-electron chi connectivity index (χ3n) is 5.19. The van der Waals surface area contributed by atoms with E-state index in [1.165, 1.54) is 6.42 Å². The minimum absolute atomic E-state index is 0. The molecule has 0 saturated carbocycles. The van der Waals surface area contributed by atoms with E-state index in [1.807, 2.05) is 48.2 Å². The van der Waals surface area contributed by atoms with Crippen molar-refractivity contribution in [3.05, 3.63) is 59.5 Å². The van der Waals surface area contributed by atoms with Crippen molar-refractivity contribution in [2.45, 2.75) is 45.8 Å². The van der Waals surface area contributed by atoms with Gasteiger partial charge in [-0.15, -0.1) is 24.0 Å². The Labute approximate surface area is 208 Å². The number of halogens is 1. The van der Waals surface area contributed by atoms with Gasteiger partial charge < -0.3 is 24.7 Å². The molecule has 1 aliphatic heterocycles. The van der Waals surface area contributed by atoms with Crippen LogP contribution in [0.2, 0.25) is 0 Å². The molecule has 1 saturated heterocycles. The Morgan fingerprint density at radius 3 is 2.59 bits per heavy atom. The summed E-state index contributed by atoms with van der Waals surface area (Å²) in [4.78, 5) is 19.2. The minimum Gasteiger partial charge on any atom is -0.467 e. The van der Waals surface area contributed by atoms with Gasteiger partial charge in [-0.25, -0.2) is 4.99 Å². The number of carbonyl (C=O) groups is 1. The van der Waals surface area contributed by atoms with Gasteiger partial charge in [-0.1, -0.05) is 12.1 Å². The Morgan fingerprint density at radius 2 is 1.91 bits per heavy atom. The minimum atomic E-state index is 0. The van der Waals surface area contributed by atoms with Crippen LogP contribution in [0.25, 0.3) is 0 Å². The van der Waals surface area contributed by atoms with Crippen LogP contribution < -0.4 is 10.6 Å². The lowest BCUT2D eigenvalue weighted by molar-refractivity contribution is 0.0724. The lowest BCUT2D eigenvalue weighted by atomic mass is 10.1. The standard InChI is InChI=1S/C24H34N4O3.HI/c1-2-25-24(26-13-7-16-30-19-22-8-6-17-31-22)27-18-20-9-11-21(12-10-20)23(29)28-14-4-3-5-15-28;/h6,8-12,17H,2-5,7,13-16,18-19H2,1H3,(H2,25,26,27);1H. The fraction of sp³-hybridized carbons (Fsp3) is 0.500. The van der Waals surface area contributed by atoms with Crippen molar-refractivity contribution >= 4 is 35.8 Å². The van der Waals surface area contributed by atoms with Crippen LogP contribution in [0.15, 0.2) is 52.1 Å². The van der Waals surface area contributed by atoms with E-state index in [1.54, 1.807) is 6.26 Å². The van der Waals surface area contributed by atoms with Gasteiger partial charge in [0.05, 0.1) is 12.8 Å². The van der Waals surface area contributed by atoms with Gasteiger partial charge >= 0.3 is 0 Å². The van der Waals surface area contributed by atoms with Gasteiger partial charge in [-0.2, -0.15) is 0 Å². The maximum atomic E-state index is 12.6. The van der Waals surface area contributed by atoms with Crippen molar-refractivity contribution in [1.29, 1.82) is 0 Å². The van der Waals surface area contributed by atoms with Crippen LogP contribution >= 0.6 is 24.0 Å². The maximum absolute atomic E-state index is 12.6. The quantitative estimate of drug-likeness (QED) is 0.199. The molecule has 8 heteroatoms. The van der Waals surface area contributed by atoms with Gasteiger partial charge in [0.15, 0.2) is 5.96 Å². The molecular weight excluding hydrogens is 519 g/mol. The summed E-state index contributed by atoms with van der Waals surface area (Å²) in [6.07, 6.45) is 5.96. The monoisotopic (exact) mass is 554 g/mol. The van der Waals surface area contributed by atoms with Gasteiger partial charge in [0.25, 0.3) is 5.91 Å². The average molecular weight is 554 g/mol. The molecule has 0 spiro atoms. The molecule has 3 rings (SSSR count). The van der Waals surface area contributed by atoms with Crippen molar-refractivity contribution in [2.24, 2.45) is 4.99 Å². The summed E-state index contributed by atoms with van der Waals surface area (Å²) < 4.78 is 10.8. The number of rotatable bonds is 10. The number of amides is 1. The van der Waals surface area contributed by atoms with Gasteiger partial charge in [-0.3, -0.25) is 4.79 Å². The summed E-state index contributed by atoms with van der Waals surface area (Å²) in [7, 11) is 0. The van der Waals surface area contributed by atoms with Crippen LogP contribution in [0, 0.1) is 0 Å². The lowest BCUT2D eigenvalue weighted by Crippen LogP contribution is -2.38. The summed E-state index contributed by atoms with van der Waals surface area (Å²) in [5.41, 5.74) is 1.84. The Hall–Kier alpha value is -2.07. The first kappa shape index (κ1) is 26.2. The molecule has 1 aromatic heterocycles. The van der Waals surface area contributed by atoms with Crippen molar-refractivity contribution in [2.75, 3.05) is 32.8 Å². The molecule has 2 N–H and O–H groups in total. The van der Waals surface area contributed by atoms with Crippen LogP contribution in [0.3, 0.4) is 0 Å². The lowest BCUT2D eigenvalue weighted by Gasteiger charge is -2.26. The van der Waals surface area contributed by atoms with Crippen LogP contribution in [-0.4, -0.2) is 49.6 Å². The van der Waals surface area contributed by atoms with Crippen LogP contribution in [0.4, 0.5) is 0 Å². The van der Waals surface area contributed by atoms with Crippen LogP contribution in [-0.2, 0) is 17.9 Å². The van der Waals surface area contributed by atoms with Gasteiger partial charge in [-0.05, 0) is 62.4 Å². The number of hydrogen-bond acceptors (Lipinski definition) is 4. The highest BCUT2D eigenvalue weighted by molar-refractivity contribution is 14.0. The highest BCUT2D eigenvalue weighted by Gasteiger charge is 2.17. The summed E-state index contributed by atoms with van der Waals surface area (Å²) in [6, 6.07) is 11.6. The summed E-state index contributed by atoms with van der Waals surface area (Å²) in [6.45, 7) is 7.06. The first-order chi connectivity index (χ1) is 15.3. The van der Waals surface area contributed by atoms with Crippen LogP contribution in [0.5, 0.6) is 0 Å². The normalized spacial score (nSPS) is 14.0. The van der Waals surface area contributed by atoms with E-state index >= 15 is 0 Å². The van der Waals surface area contributed by atoms with E-state index in [9.17, 15) is 4.79 Å². The summed E-state index contributed by atoms with van der Waals surface area (Å²) >= 11 is 0. The molecule has 1 aromatic carbocycles. The van der Waals surface area contributed by atoms with E-state index in [4.69, 9.17) is 9.15 Å². The second-order valence-corrected chi connectivity index (χ2v) is 7.66. The van der Waals surface area contributed by atoms with Gasteiger partial charge in [0, 0.05) is 38.3 Å². The Kier molecular flexibility index (Phi) is 12.2. The summed E-state index contributed by atoms with van der Waals surface area (Å²) in [5.74, 6) is 1.76. The first-order valence-electron chi connectivity index (χ1n) is 11.3.